The largest absolute Gasteiger partial charge is 0.370 e. The molecule has 0 saturated carbocycles. The minimum absolute atomic E-state index is 0.0729. The van der Waals surface area contributed by atoms with Gasteiger partial charge in [0.05, 0.1) is 6.33 Å². The molecule has 0 aliphatic heterocycles. The number of nitrogens with zero attached hydrogens (tertiary/aromatic N) is 2. The van der Waals surface area contributed by atoms with E-state index in [4.69, 9.17) is 17.2 Å². The second-order valence-corrected chi connectivity index (χ2v) is 12.1. The Hall–Kier alpha value is -6.25. The molecule has 51 heavy (non-hydrogen) atoms. The van der Waals surface area contributed by atoms with E-state index in [1.54, 1.807) is 24.3 Å². The second-order valence-electron chi connectivity index (χ2n) is 12.1. The topological polar surface area (TPSA) is 253 Å². The molecule has 1 heterocycles. The number of H-pyrrole nitrogens is 1. The standard InChI is InChI=1S/C36H44N10O5/c1-22(47)43-31(19-27-20-40-21-42-27)35(51)46-30(17-23-8-3-2-4-9-23)34(50)44-28(12-7-15-41-36(38)39)33(49)45-29(32(37)48)18-24-13-14-25-10-5-6-11-26(25)16-24/h2-6,8-11,13-14,16,20-21,28-31H,7,12,15,17-19H2,1H3,(H2,37,48)(H,40,42)(H,43,47)(H,44,50)(H,45,49)(H,46,51)(H4,38,39,41)/t28-,29-,30+,31-/m0/s1. The predicted octanol–water partition coefficient (Wildman–Crippen LogP) is 0.0888. The van der Waals surface area contributed by atoms with Crippen molar-refractivity contribution in [1.82, 2.24) is 31.2 Å². The monoisotopic (exact) mass is 696 g/mol. The van der Waals surface area contributed by atoms with Crippen molar-refractivity contribution in [2.45, 2.75) is 63.2 Å². The number of hydrogen-bond donors (Lipinski definition) is 8. The number of amides is 5. The maximum absolute atomic E-state index is 14.0. The van der Waals surface area contributed by atoms with E-state index in [1.165, 1.54) is 19.4 Å². The van der Waals surface area contributed by atoms with Crippen molar-refractivity contribution >= 4 is 46.3 Å². The first-order valence-electron chi connectivity index (χ1n) is 16.5. The quantitative estimate of drug-likeness (QED) is 0.0401. The summed E-state index contributed by atoms with van der Waals surface area (Å²) < 4.78 is 0. The number of guanidine groups is 1. The van der Waals surface area contributed by atoms with Crippen molar-refractivity contribution in [3.63, 3.8) is 0 Å². The number of benzene rings is 3. The number of hydrogen-bond acceptors (Lipinski definition) is 7. The van der Waals surface area contributed by atoms with Crippen LogP contribution in [-0.4, -0.2) is 76.2 Å². The van der Waals surface area contributed by atoms with E-state index in [0.717, 1.165) is 21.9 Å². The first-order chi connectivity index (χ1) is 24.5. The third-order valence-electron chi connectivity index (χ3n) is 8.08. The zero-order valence-corrected chi connectivity index (χ0v) is 28.3. The lowest BCUT2D eigenvalue weighted by Gasteiger charge is -2.26. The summed E-state index contributed by atoms with van der Waals surface area (Å²) >= 11 is 0. The van der Waals surface area contributed by atoms with Gasteiger partial charge in [-0.25, -0.2) is 4.98 Å². The van der Waals surface area contributed by atoms with Crippen molar-refractivity contribution in [3.8, 4) is 0 Å². The number of aromatic nitrogens is 2. The van der Waals surface area contributed by atoms with E-state index in [2.05, 4.69) is 36.2 Å². The van der Waals surface area contributed by atoms with E-state index in [-0.39, 0.29) is 38.2 Å². The van der Waals surface area contributed by atoms with Gasteiger partial charge in [-0.2, -0.15) is 0 Å². The first kappa shape index (κ1) is 37.6. The molecule has 15 nitrogen and oxygen atoms in total. The van der Waals surface area contributed by atoms with Crippen LogP contribution in [0.5, 0.6) is 0 Å². The molecular formula is C36H44N10O5. The van der Waals surface area contributed by atoms with Crippen molar-refractivity contribution in [2.24, 2.45) is 22.2 Å². The van der Waals surface area contributed by atoms with Gasteiger partial charge in [0.1, 0.15) is 24.2 Å². The number of aliphatic imine (C=N–C) groups is 1. The van der Waals surface area contributed by atoms with E-state index < -0.39 is 53.7 Å². The zero-order chi connectivity index (χ0) is 36.8. The Morgan fingerprint density at radius 2 is 1.31 bits per heavy atom. The molecular weight excluding hydrogens is 652 g/mol. The number of primary amides is 1. The fourth-order valence-electron chi connectivity index (χ4n) is 5.54. The van der Waals surface area contributed by atoms with Gasteiger partial charge in [0.25, 0.3) is 0 Å². The maximum atomic E-state index is 14.0. The first-order valence-corrected chi connectivity index (χ1v) is 16.5. The summed E-state index contributed by atoms with van der Waals surface area (Å²) in [5.41, 5.74) is 18.8. The number of nitrogens with one attached hydrogen (secondary N) is 5. The molecule has 0 aliphatic rings. The van der Waals surface area contributed by atoms with E-state index in [1.807, 2.05) is 48.5 Å². The second kappa shape index (κ2) is 18.5. The predicted molar refractivity (Wildman–Crippen MR) is 193 cm³/mol. The van der Waals surface area contributed by atoms with Crippen LogP contribution in [0.4, 0.5) is 0 Å². The SMILES string of the molecule is CC(=O)N[C@@H](Cc1cnc[nH]1)C(=O)N[C@H](Cc1ccccc1)C(=O)N[C@@H](CCCN=C(N)N)C(=O)N[C@@H](Cc1ccc2ccccc2c1)C(N)=O. The molecule has 0 saturated heterocycles. The Balaban J connectivity index is 1.55. The van der Waals surface area contributed by atoms with Gasteiger partial charge in [-0.05, 0) is 34.7 Å². The highest BCUT2D eigenvalue weighted by Gasteiger charge is 2.31. The third kappa shape index (κ3) is 12.0. The minimum Gasteiger partial charge on any atom is -0.370 e. The normalized spacial score (nSPS) is 13.2. The molecule has 4 rings (SSSR count). The highest BCUT2D eigenvalue weighted by atomic mass is 16.2. The fourth-order valence-corrected chi connectivity index (χ4v) is 5.54. The van der Waals surface area contributed by atoms with Gasteiger partial charge in [0, 0.05) is 44.6 Å². The van der Waals surface area contributed by atoms with Gasteiger partial charge < -0.3 is 43.5 Å². The molecule has 3 aromatic carbocycles. The van der Waals surface area contributed by atoms with Crippen LogP contribution in [0.1, 0.15) is 36.6 Å². The third-order valence-corrected chi connectivity index (χ3v) is 8.08. The lowest BCUT2D eigenvalue weighted by atomic mass is 10.0. The van der Waals surface area contributed by atoms with Crippen LogP contribution in [0.3, 0.4) is 0 Å². The smallest absolute Gasteiger partial charge is 0.243 e. The van der Waals surface area contributed by atoms with Crippen LogP contribution in [0.25, 0.3) is 10.8 Å². The molecule has 4 aromatic rings. The molecule has 15 heteroatoms. The van der Waals surface area contributed by atoms with Crippen molar-refractivity contribution in [2.75, 3.05) is 6.54 Å². The maximum Gasteiger partial charge on any atom is 0.243 e. The molecule has 0 bridgehead atoms. The van der Waals surface area contributed by atoms with Gasteiger partial charge >= 0.3 is 0 Å². The Kier molecular flexibility index (Phi) is 13.6. The van der Waals surface area contributed by atoms with Gasteiger partial charge in [-0.1, -0.05) is 72.8 Å². The minimum atomic E-state index is -1.16. The van der Waals surface area contributed by atoms with Crippen molar-refractivity contribution in [3.05, 3.63) is 102 Å². The lowest BCUT2D eigenvalue weighted by molar-refractivity contribution is -0.134. The summed E-state index contributed by atoms with van der Waals surface area (Å²) in [4.78, 5) is 76.7. The van der Waals surface area contributed by atoms with E-state index in [9.17, 15) is 24.0 Å². The van der Waals surface area contributed by atoms with Crippen LogP contribution in [0, 0.1) is 0 Å². The summed E-state index contributed by atoms with van der Waals surface area (Å²) in [5, 5.41) is 12.8. The number of carbonyl (C=O) groups is 5. The van der Waals surface area contributed by atoms with Crippen LogP contribution in [0.15, 0.2) is 90.3 Å². The van der Waals surface area contributed by atoms with E-state index in [0.29, 0.717) is 12.1 Å². The average molecular weight is 697 g/mol. The Morgan fingerprint density at radius 1 is 0.706 bits per heavy atom. The molecule has 5 amide bonds. The molecule has 0 unspecified atom stereocenters. The van der Waals surface area contributed by atoms with Crippen LogP contribution in [-0.2, 0) is 43.2 Å². The molecule has 0 spiro atoms. The molecule has 1 aromatic heterocycles. The molecule has 0 aliphatic carbocycles. The van der Waals surface area contributed by atoms with Gasteiger partial charge in [-0.3, -0.25) is 29.0 Å². The molecule has 0 fully saturated rings. The summed E-state index contributed by atoms with van der Waals surface area (Å²) in [5.74, 6) is -3.26. The van der Waals surface area contributed by atoms with Gasteiger partial charge in [0.15, 0.2) is 5.96 Å². The number of imidazole rings is 1. The summed E-state index contributed by atoms with van der Waals surface area (Å²) in [6.07, 6.45) is 3.65. The summed E-state index contributed by atoms with van der Waals surface area (Å²) in [6.45, 7) is 1.46. The molecule has 4 atom stereocenters. The van der Waals surface area contributed by atoms with Crippen LogP contribution in [0.2, 0.25) is 0 Å². The number of aromatic amines is 1. The van der Waals surface area contributed by atoms with E-state index >= 15 is 0 Å². The molecule has 268 valence electrons. The van der Waals surface area contributed by atoms with Crippen LogP contribution >= 0.6 is 0 Å². The number of nitrogens with two attached hydrogens (primary N) is 3. The van der Waals surface area contributed by atoms with Crippen LogP contribution < -0.4 is 38.5 Å². The average Bonchev–Trinajstić information content (AvgIpc) is 3.62. The Morgan fingerprint density at radius 3 is 1.96 bits per heavy atom. The Bertz CT molecular complexity index is 1830. The molecule has 11 N–H and O–H groups in total. The molecule has 0 radical (unpaired) electrons. The number of rotatable bonds is 18. The number of fused-ring (bicyclic) bond motifs is 1. The van der Waals surface area contributed by atoms with Gasteiger partial charge in [-0.15, -0.1) is 0 Å². The Labute approximate surface area is 295 Å². The number of carbonyl (C=O) groups excluding carboxylic acids is 5. The zero-order valence-electron chi connectivity index (χ0n) is 28.3. The van der Waals surface area contributed by atoms with Crippen molar-refractivity contribution in [1.29, 1.82) is 0 Å². The fraction of sp³-hybridized carbons (Fsp3) is 0.306. The highest BCUT2D eigenvalue weighted by Crippen LogP contribution is 2.17. The lowest BCUT2D eigenvalue weighted by Crippen LogP contribution is -2.59. The van der Waals surface area contributed by atoms with Crippen molar-refractivity contribution < 1.29 is 24.0 Å². The van der Waals surface area contributed by atoms with Gasteiger partial charge in [0.2, 0.25) is 29.5 Å². The highest BCUT2D eigenvalue weighted by molar-refractivity contribution is 5.95. The summed E-state index contributed by atoms with van der Waals surface area (Å²) in [6, 6.07) is 18.0. The summed E-state index contributed by atoms with van der Waals surface area (Å²) in [7, 11) is 0.